The molecular weight excluding hydrogens is 136 g/mol. The second-order valence-electron chi connectivity index (χ2n) is 2.59. The van der Waals surface area contributed by atoms with Crippen molar-refractivity contribution < 1.29 is 20.1 Å². The van der Waals surface area contributed by atoms with E-state index in [0.717, 1.165) is 0 Å². The highest BCUT2D eigenvalue weighted by Crippen LogP contribution is 2.14. The van der Waals surface area contributed by atoms with E-state index < -0.39 is 24.4 Å². The van der Waals surface area contributed by atoms with Gasteiger partial charge in [0.15, 0.2) is 0 Å². The van der Waals surface area contributed by atoms with E-state index >= 15 is 0 Å². The molecule has 4 heteroatoms. The van der Waals surface area contributed by atoms with Crippen molar-refractivity contribution >= 4 is 0 Å². The molecule has 0 aliphatic carbocycles. The maximum Gasteiger partial charge on any atom is 0.110 e. The van der Waals surface area contributed by atoms with E-state index in [4.69, 9.17) is 20.1 Å². The van der Waals surface area contributed by atoms with Crippen LogP contribution in [-0.4, -0.2) is 46.3 Å². The molecule has 4 atom stereocenters. The predicted octanol–water partition coefficient (Wildman–Crippen LogP) is -1.51. The molecule has 1 fully saturated rings. The van der Waals surface area contributed by atoms with Gasteiger partial charge >= 0.3 is 0 Å². The van der Waals surface area contributed by atoms with Crippen LogP contribution in [0.1, 0.15) is 6.92 Å². The molecule has 10 heavy (non-hydrogen) atoms. The van der Waals surface area contributed by atoms with Crippen LogP contribution < -0.4 is 0 Å². The summed E-state index contributed by atoms with van der Waals surface area (Å²) < 4.78 is 4.91. The fourth-order valence-corrected chi connectivity index (χ4v) is 0.953. The molecule has 1 heterocycles. The van der Waals surface area contributed by atoms with Crippen molar-refractivity contribution in [3.8, 4) is 0 Å². The minimum atomic E-state index is -1.07. The molecule has 0 amide bonds. The molecular formula is C6H12O4. The van der Waals surface area contributed by atoms with Crippen LogP contribution in [0.2, 0.25) is 0 Å². The SMILES string of the molecule is C[C@@H]1OCC(O)C(O)[C@@H]1O. The summed E-state index contributed by atoms with van der Waals surface area (Å²) in [6.45, 7) is 1.75. The molecule has 1 rings (SSSR count). The van der Waals surface area contributed by atoms with Gasteiger partial charge in [0, 0.05) is 0 Å². The maximum absolute atomic E-state index is 9.08. The summed E-state index contributed by atoms with van der Waals surface area (Å²) in [6, 6.07) is 0. The van der Waals surface area contributed by atoms with E-state index in [1.54, 1.807) is 6.92 Å². The summed E-state index contributed by atoms with van der Waals surface area (Å²) in [7, 11) is 0. The summed E-state index contributed by atoms with van der Waals surface area (Å²) in [6.07, 6.45) is -3.38. The van der Waals surface area contributed by atoms with Gasteiger partial charge in [-0.2, -0.15) is 0 Å². The topological polar surface area (TPSA) is 69.9 Å². The van der Waals surface area contributed by atoms with Crippen LogP contribution in [0.3, 0.4) is 0 Å². The first kappa shape index (κ1) is 7.94. The lowest BCUT2D eigenvalue weighted by atomic mass is 10.0. The van der Waals surface area contributed by atoms with Gasteiger partial charge in [0.25, 0.3) is 0 Å². The smallest absolute Gasteiger partial charge is 0.110 e. The molecule has 1 aliphatic rings. The first-order valence-electron chi connectivity index (χ1n) is 3.28. The lowest BCUT2D eigenvalue weighted by molar-refractivity contribution is -0.181. The van der Waals surface area contributed by atoms with Crippen molar-refractivity contribution in [2.45, 2.75) is 31.3 Å². The van der Waals surface area contributed by atoms with E-state index in [2.05, 4.69) is 0 Å². The van der Waals surface area contributed by atoms with Gasteiger partial charge in [-0.1, -0.05) is 0 Å². The molecule has 0 aromatic rings. The third-order valence-corrected chi connectivity index (χ3v) is 1.75. The third-order valence-electron chi connectivity index (χ3n) is 1.75. The van der Waals surface area contributed by atoms with Crippen LogP contribution in [0, 0.1) is 0 Å². The second-order valence-corrected chi connectivity index (χ2v) is 2.59. The fraction of sp³-hybridized carbons (Fsp3) is 1.00. The van der Waals surface area contributed by atoms with Crippen molar-refractivity contribution in [1.82, 2.24) is 0 Å². The molecule has 60 valence electrons. The molecule has 0 spiro atoms. The van der Waals surface area contributed by atoms with Gasteiger partial charge in [0.05, 0.1) is 12.7 Å². The Morgan fingerprint density at radius 1 is 1.20 bits per heavy atom. The van der Waals surface area contributed by atoms with Gasteiger partial charge in [0.2, 0.25) is 0 Å². The average Bonchev–Trinajstić information content (AvgIpc) is 1.93. The van der Waals surface area contributed by atoms with E-state index in [-0.39, 0.29) is 6.61 Å². The zero-order valence-electron chi connectivity index (χ0n) is 5.77. The number of hydrogen-bond acceptors (Lipinski definition) is 4. The average molecular weight is 148 g/mol. The molecule has 0 saturated carbocycles. The normalized spacial score (nSPS) is 49.2. The summed E-state index contributed by atoms with van der Waals surface area (Å²) >= 11 is 0. The first-order valence-corrected chi connectivity index (χ1v) is 3.28. The number of aliphatic hydroxyl groups excluding tert-OH is 3. The Hall–Kier alpha value is -0.160. The first-order chi connectivity index (χ1) is 4.63. The Kier molecular flexibility index (Phi) is 2.25. The van der Waals surface area contributed by atoms with E-state index in [1.807, 2.05) is 0 Å². The van der Waals surface area contributed by atoms with Gasteiger partial charge < -0.3 is 20.1 Å². The highest BCUT2D eigenvalue weighted by molar-refractivity contribution is 4.83. The van der Waals surface area contributed by atoms with Crippen molar-refractivity contribution in [3.63, 3.8) is 0 Å². The molecule has 0 aromatic carbocycles. The molecule has 2 unspecified atom stereocenters. The molecule has 1 aliphatic heterocycles. The number of ether oxygens (including phenoxy) is 1. The zero-order valence-corrected chi connectivity index (χ0v) is 5.77. The van der Waals surface area contributed by atoms with Gasteiger partial charge in [-0.15, -0.1) is 0 Å². The molecule has 0 radical (unpaired) electrons. The van der Waals surface area contributed by atoms with E-state index in [9.17, 15) is 0 Å². The van der Waals surface area contributed by atoms with Crippen molar-refractivity contribution in [3.05, 3.63) is 0 Å². The minimum absolute atomic E-state index is 0.0966. The quantitative estimate of drug-likeness (QED) is 0.390. The van der Waals surface area contributed by atoms with Gasteiger partial charge in [-0.25, -0.2) is 0 Å². The van der Waals surface area contributed by atoms with Gasteiger partial charge in [-0.05, 0) is 6.92 Å². The second kappa shape index (κ2) is 2.84. The Morgan fingerprint density at radius 3 is 2.30 bits per heavy atom. The Bertz CT molecular complexity index is 102. The summed E-state index contributed by atoms with van der Waals surface area (Å²) in [5.41, 5.74) is 0. The lowest BCUT2D eigenvalue weighted by Gasteiger charge is -2.33. The van der Waals surface area contributed by atoms with Crippen LogP contribution in [-0.2, 0) is 4.74 Å². The number of aliphatic hydroxyl groups is 3. The fourth-order valence-electron chi connectivity index (χ4n) is 0.953. The monoisotopic (exact) mass is 148 g/mol. The minimum Gasteiger partial charge on any atom is -0.388 e. The number of rotatable bonds is 0. The lowest BCUT2D eigenvalue weighted by Crippen LogP contribution is -2.51. The molecule has 3 N–H and O–H groups in total. The Morgan fingerprint density at radius 2 is 1.80 bits per heavy atom. The van der Waals surface area contributed by atoms with Crippen molar-refractivity contribution in [2.75, 3.05) is 6.61 Å². The van der Waals surface area contributed by atoms with Crippen LogP contribution in [0.25, 0.3) is 0 Å². The van der Waals surface area contributed by atoms with Gasteiger partial charge in [0.1, 0.15) is 18.3 Å². The van der Waals surface area contributed by atoms with Crippen LogP contribution in [0.4, 0.5) is 0 Å². The molecule has 4 nitrogen and oxygen atoms in total. The third kappa shape index (κ3) is 1.29. The van der Waals surface area contributed by atoms with Gasteiger partial charge in [-0.3, -0.25) is 0 Å². The van der Waals surface area contributed by atoms with E-state index in [1.165, 1.54) is 0 Å². The van der Waals surface area contributed by atoms with Crippen LogP contribution in [0.15, 0.2) is 0 Å². The number of hydrogen-bond donors (Lipinski definition) is 3. The molecule has 0 bridgehead atoms. The highest BCUT2D eigenvalue weighted by atomic mass is 16.5. The molecule has 1 saturated heterocycles. The van der Waals surface area contributed by atoms with Crippen molar-refractivity contribution in [2.24, 2.45) is 0 Å². The summed E-state index contributed by atoms with van der Waals surface area (Å²) in [4.78, 5) is 0. The highest BCUT2D eigenvalue weighted by Gasteiger charge is 2.34. The van der Waals surface area contributed by atoms with Crippen molar-refractivity contribution in [1.29, 1.82) is 0 Å². The van der Waals surface area contributed by atoms with E-state index in [0.29, 0.717) is 0 Å². The zero-order chi connectivity index (χ0) is 7.72. The van der Waals surface area contributed by atoms with Crippen LogP contribution >= 0.6 is 0 Å². The summed E-state index contributed by atoms with van der Waals surface area (Å²) in [5.74, 6) is 0. The standard InChI is InChI=1S/C6H12O4/c1-3-5(8)6(9)4(7)2-10-3/h3-9H,2H2,1H3/t3-,4?,5+,6?/m0/s1. The largest absolute Gasteiger partial charge is 0.388 e. The predicted molar refractivity (Wildman–Crippen MR) is 33.4 cm³/mol. The Balaban J connectivity index is 2.52. The Labute approximate surface area is 59.1 Å². The maximum atomic E-state index is 9.08. The molecule has 0 aromatic heterocycles. The van der Waals surface area contributed by atoms with Crippen LogP contribution in [0.5, 0.6) is 0 Å². The summed E-state index contributed by atoms with van der Waals surface area (Å²) in [5, 5.41) is 27.0.